The molecule has 0 fully saturated rings. The Balaban J connectivity index is 1.77. The number of nitrogens with one attached hydrogen (secondary N) is 1. The van der Waals surface area contributed by atoms with Gasteiger partial charge in [-0.1, -0.05) is 36.4 Å². The number of carbonyl (C=O) groups is 1. The predicted octanol–water partition coefficient (Wildman–Crippen LogP) is 1.86. The smallest absolute Gasteiger partial charge is 0.224 e. The quantitative estimate of drug-likeness (QED) is 0.856. The fourth-order valence-corrected chi connectivity index (χ4v) is 2.85. The minimum Gasteiger partial charge on any atom is -0.508 e. The number of amides is 1. The Morgan fingerprint density at radius 1 is 1.05 bits per heavy atom. The van der Waals surface area contributed by atoms with E-state index < -0.39 is 10.8 Å². The number of hydrogen-bond acceptors (Lipinski definition) is 3. The van der Waals surface area contributed by atoms with Gasteiger partial charge in [0.2, 0.25) is 5.91 Å². The summed E-state index contributed by atoms with van der Waals surface area (Å²) in [5, 5.41) is 12.3. The highest BCUT2D eigenvalue weighted by Gasteiger charge is 2.08. The van der Waals surface area contributed by atoms with E-state index in [4.69, 9.17) is 0 Å². The molecule has 1 atom stereocenters. The molecule has 4 nitrogen and oxygen atoms in total. The first-order valence-corrected chi connectivity index (χ1v) is 7.95. The molecule has 0 unspecified atom stereocenters. The third-order valence-corrected chi connectivity index (χ3v) is 4.33. The normalized spacial score (nSPS) is 11.8. The SMILES string of the molecule is O=C(Cc1ccccc1O)NCC[S@@](=O)c1ccccc1. The molecule has 0 aliphatic carbocycles. The largest absolute Gasteiger partial charge is 0.508 e. The Morgan fingerprint density at radius 3 is 2.43 bits per heavy atom. The molecule has 0 aliphatic rings. The van der Waals surface area contributed by atoms with Gasteiger partial charge in [0.05, 0.1) is 17.2 Å². The average molecular weight is 303 g/mol. The minimum atomic E-state index is -1.11. The average Bonchev–Trinajstić information content (AvgIpc) is 2.50. The lowest BCUT2D eigenvalue weighted by molar-refractivity contribution is -0.120. The lowest BCUT2D eigenvalue weighted by Gasteiger charge is -2.06. The molecule has 0 heterocycles. The summed E-state index contributed by atoms with van der Waals surface area (Å²) in [4.78, 5) is 12.5. The van der Waals surface area contributed by atoms with Crippen molar-refractivity contribution in [1.29, 1.82) is 0 Å². The van der Waals surface area contributed by atoms with E-state index in [2.05, 4.69) is 5.32 Å². The van der Waals surface area contributed by atoms with Crippen LogP contribution in [0.15, 0.2) is 59.5 Å². The summed E-state index contributed by atoms with van der Waals surface area (Å²) in [6.45, 7) is 0.341. The van der Waals surface area contributed by atoms with Crippen LogP contribution >= 0.6 is 0 Å². The van der Waals surface area contributed by atoms with Crippen LogP contribution in [-0.4, -0.2) is 27.5 Å². The zero-order valence-corrected chi connectivity index (χ0v) is 12.3. The Labute approximate surface area is 126 Å². The van der Waals surface area contributed by atoms with Gasteiger partial charge in [-0.15, -0.1) is 0 Å². The standard InChI is InChI=1S/C16H17NO3S/c18-15-9-5-4-6-13(15)12-16(19)17-10-11-21(20)14-7-2-1-3-8-14/h1-9,18H,10-12H2,(H,17,19)/t21-/m1/s1. The summed E-state index contributed by atoms with van der Waals surface area (Å²) in [6.07, 6.45) is 0.116. The second-order valence-corrected chi connectivity index (χ2v) is 6.09. The molecular weight excluding hydrogens is 286 g/mol. The van der Waals surface area contributed by atoms with Gasteiger partial charge in [-0.3, -0.25) is 9.00 Å². The van der Waals surface area contributed by atoms with E-state index in [0.717, 1.165) is 4.90 Å². The number of hydrogen-bond donors (Lipinski definition) is 2. The molecule has 0 bridgehead atoms. The predicted molar refractivity (Wildman–Crippen MR) is 82.5 cm³/mol. The van der Waals surface area contributed by atoms with E-state index in [9.17, 15) is 14.1 Å². The number of aromatic hydroxyl groups is 1. The summed E-state index contributed by atoms with van der Waals surface area (Å²) in [6, 6.07) is 15.9. The van der Waals surface area contributed by atoms with Crippen molar-refractivity contribution < 1.29 is 14.1 Å². The fourth-order valence-electron chi connectivity index (χ4n) is 1.87. The second-order valence-electron chi connectivity index (χ2n) is 4.52. The molecule has 0 saturated heterocycles. The number of phenols is 1. The van der Waals surface area contributed by atoms with Crippen molar-refractivity contribution in [2.24, 2.45) is 0 Å². The molecule has 1 amide bonds. The van der Waals surface area contributed by atoms with E-state index in [0.29, 0.717) is 17.9 Å². The highest BCUT2D eigenvalue weighted by atomic mass is 32.2. The van der Waals surface area contributed by atoms with Gasteiger partial charge >= 0.3 is 0 Å². The van der Waals surface area contributed by atoms with Crippen molar-refractivity contribution in [2.75, 3.05) is 12.3 Å². The van der Waals surface area contributed by atoms with Crippen LogP contribution < -0.4 is 5.32 Å². The molecule has 0 aromatic heterocycles. The van der Waals surface area contributed by atoms with E-state index in [-0.39, 0.29) is 18.1 Å². The molecule has 21 heavy (non-hydrogen) atoms. The molecule has 2 rings (SSSR count). The Morgan fingerprint density at radius 2 is 1.71 bits per heavy atom. The van der Waals surface area contributed by atoms with Crippen molar-refractivity contribution >= 4 is 16.7 Å². The van der Waals surface area contributed by atoms with Gasteiger partial charge in [0, 0.05) is 22.8 Å². The number of rotatable bonds is 6. The number of para-hydroxylation sites is 1. The topological polar surface area (TPSA) is 66.4 Å². The number of phenolic OH excluding ortho intramolecular Hbond substituents is 1. The van der Waals surface area contributed by atoms with Gasteiger partial charge in [0.25, 0.3) is 0 Å². The fraction of sp³-hybridized carbons (Fsp3) is 0.188. The lowest BCUT2D eigenvalue weighted by Crippen LogP contribution is -2.29. The second kappa shape index (κ2) is 7.59. The molecule has 0 spiro atoms. The van der Waals surface area contributed by atoms with Gasteiger partial charge in [0.1, 0.15) is 5.75 Å². The monoisotopic (exact) mass is 303 g/mol. The molecular formula is C16H17NO3S. The van der Waals surface area contributed by atoms with Crippen molar-refractivity contribution in [3.05, 3.63) is 60.2 Å². The summed E-state index contributed by atoms with van der Waals surface area (Å²) in [7, 11) is -1.11. The Hall–Kier alpha value is -2.14. The zero-order valence-electron chi connectivity index (χ0n) is 11.5. The minimum absolute atomic E-state index is 0.112. The first-order valence-electron chi connectivity index (χ1n) is 6.64. The van der Waals surface area contributed by atoms with Crippen LogP contribution in [0.4, 0.5) is 0 Å². The highest BCUT2D eigenvalue weighted by Crippen LogP contribution is 2.15. The van der Waals surface area contributed by atoms with Crippen molar-refractivity contribution in [1.82, 2.24) is 5.32 Å². The maximum Gasteiger partial charge on any atom is 0.224 e. The van der Waals surface area contributed by atoms with Gasteiger partial charge in [-0.05, 0) is 18.2 Å². The molecule has 0 radical (unpaired) electrons. The first-order chi connectivity index (χ1) is 10.2. The third-order valence-electron chi connectivity index (χ3n) is 2.96. The summed E-state index contributed by atoms with van der Waals surface area (Å²) in [5.74, 6) is 0.290. The van der Waals surface area contributed by atoms with Crippen molar-refractivity contribution in [2.45, 2.75) is 11.3 Å². The number of benzene rings is 2. The summed E-state index contributed by atoms with van der Waals surface area (Å²) >= 11 is 0. The Bertz CT molecular complexity index is 628. The van der Waals surface area contributed by atoms with Crippen LogP contribution in [0.25, 0.3) is 0 Å². The van der Waals surface area contributed by atoms with Gasteiger partial charge in [-0.25, -0.2) is 0 Å². The van der Waals surface area contributed by atoms with E-state index in [1.807, 2.05) is 18.2 Å². The lowest BCUT2D eigenvalue weighted by atomic mass is 10.1. The molecule has 0 saturated carbocycles. The maximum absolute atomic E-state index is 12.0. The van der Waals surface area contributed by atoms with Crippen LogP contribution in [0.5, 0.6) is 5.75 Å². The molecule has 0 aliphatic heterocycles. The van der Waals surface area contributed by atoms with Crippen LogP contribution in [0.1, 0.15) is 5.56 Å². The van der Waals surface area contributed by atoms with E-state index in [1.54, 1.807) is 36.4 Å². The van der Waals surface area contributed by atoms with Crippen LogP contribution in [-0.2, 0) is 22.0 Å². The highest BCUT2D eigenvalue weighted by molar-refractivity contribution is 7.85. The molecule has 2 aromatic rings. The van der Waals surface area contributed by atoms with Crippen molar-refractivity contribution in [3.8, 4) is 5.75 Å². The van der Waals surface area contributed by atoms with E-state index in [1.165, 1.54) is 0 Å². The van der Waals surface area contributed by atoms with Crippen LogP contribution in [0.3, 0.4) is 0 Å². The van der Waals surface area contributed by atoms with Crippen LogP contribution in [0.2, 0.25) is 0 Å². The summed E-state index contributed by atoms with van der Waals surface area (Å²) in [5.41, 5.74) is 0.583. The maximum atomic E-state index is 12.0. The van der Waals surface area contributed by atoms with E-state index >= 15 is 0 Å². The van der Waals surface area contributed by atoms with Crippen LogP contribution in [0, 0.1) is 0 Å². The molecule has 110 valence electrons. The van der Waals surface area contributed by atoms with Gasteiger partial charge in [0.15, 0.2) is 0 Å². The molecule has 5 heteroatoms. The third kappa shape index (κ3) is 4.72. The number of carbonyl (C=O) groups excluding carboxylic acids is 1. The van der Waals surface area contributed by atoms with Gasteiger partial charge < -0.3 is 10.4 Å². The summed E-state index contributed by atoms with van der Waals surface area (Å²) < 4.78 is 12.0. The van der Waals surface area contributed by atoms with Gasteiger partial charge in [-0.2, -0.15) is 0 Å². The van der Waals surface area contributed by atoms with Crippen molar-refractivity contribution in [3.63, 3.8) is 0 Å². The Kier molecular flexibility index (Phi) is 5.51. The molecule has 2 N–H and O–H groups in total. The molecule has 2 aromatic carbocycles. The first kappa shape index (κ1) is 15.3. The zero-order chi connectivity index (χ0) is 15.1.